The summed E-state index contributed by atoms with van der Waals surface area (Å²) in [6.07, 6.45) is 2.73. The zero-order valence-corrected chi connectivity index (χ0v) is 14.6. The van der Waals surface area contributed by atoms with Crippen molar-refractivity contribution in [3.05, 3.63) is 42.5 Å². The Kier molecular flexibility index (Phi) is 3.44. The third-order valence-corrected chi connectivity index (χ3v) is 8.40. The minimum atomic E-state index is -1.09. The monoisotopic (exact) mass is 328 g/mol. The summed E-state index contributed by atoms with van der Waals surface area (Å²) in [6, 6.07) is 14.2. The van der Waals surface area contributed by atoms with Crippen LogP contribution < -0.4 is 0 Å². The van der Waals surface area contributed by atoms with E-state index in [9.17, 15) is 9.32 Å². The predicted octanol–water partition coefficient (Wildman–Crippen LogP) is 4.13. The molecule has 0 aromatic heterocycles. The highest BCUT2D eigenvalue weighted by Gasteiger charge is 2.64. The van der Waals surface area contributed by atoms with Gasteiger partial charge in [-0.3, -0.25) is 4.21 Å². The zero-order valence-electron chi connectivity index (χ0n) is 13.8. The molecule has 0 amide bonds. The fourth-order valence-corrected chi connectivity index (χ4v) is 7.08. The van der Waals surface area contributed by atoms with Gasteiger partial charge < -0.3 is 5.11 Å². The van der Waals surface area contributed by atoms with E-state index in [1.165, 1.54) is 0 Å². The Hall–Kier alpha value is -1.19. The number of aliphatic hydroxyl groups is 1. The molecule has 2 aliphatic carbocycles. The molecule has 0 saturated heterocycles. The summed E-state index contributed by atoms with van der Waals surface area (Å²) < 4.78 is 13.2. The molecule has 3 heteroatoms. The number of fused-ring (bicyclic) bond motifs is 3. The molecule has 4 rings (SSSR count). The van der Waals surface area contributed by atoms with E-state index in [-0.39, 0.29) is 16.9 Å². The van der Waals surface area contributed by atoms with Gasteiger partial charge in [0.1, 0.15) is 0 Å². The van der Waals surface area contributed by atoms with Crippen LogP contribution in [0.2, 0.25) is 0 Å². The first-order valence-corrected chi connectivity index (χ1v) is 9.82. The second-order valence-corrected chi connectivity index (χ2v) is 9.25. The van der Waals surface area contributed by atoms with Crippen molar-refractivity contribution < 1.29 is 9.32 Å². The van der Waals surface area contributed by atoms with E-state index in [1.54, 1.807) is 0 Å². The van der Waals surface area contributed by atoms with Gasteiger partial charge in [-0.25, -0.2) is 0 Å². The van der Waals surface area contributed by atoms with Gasteiger partial charge in [0.05, 0.1) is 16.9 Å². The first kappa shape index (κ1) is 15.3. The molecule has 2 saturated carbocycles. The number of hydrogen-bond acceptors (Lipinski definition) is 2. The summed E-state index contributed by atoms with van der Waals surface area (Å²) in [5.41, 5.74) is -0.119. The molecular weight excluding hydrogens is 304 g/mol. The van der Waals surface area contributed by atoms with Crippen molar-refractivity contribution in [3.8, 4) is 0 Å². The topological polar surface area (TPSA) is 37.3 Å². The van der Waals surface area contributed by atoms with E-state index in [0.717, 1.165) is 34.9 Å². The zero-order chi connectivity index (χ0) is 16.2. The molecule has 122 valence electrons. The van der Waals surface area contributed by atoms with Crippen LogP contribution in [0.3, 0.4) is 0 Å². The number of aliphatic hydroxyl groups excluding tert-OH is 1. The van der Waals surface area contributed by atoms with Gasteiger partial charge in [-0.15, -0.1) is 0 Å². The molecule has 2 aliphatic rings. The van der Waals surface area contributed by atoms with Crippen molar-refractivity contribution in [3.63, 3.8) is 0 Å². The van der Waals surface area contributed by atoms with Crippen LogP contribution in [0.4, 0.5) is 0 Å². The number of hydrogen-bond donors (Lipinski definition) is 1. The van der Waals surface area contributed by atoms with Crippen LogP contribution in [0.5, 0.6) is 0 Å². The van der Waals surface area contributed by atoms with Gasteiger partial charge in [0, 0.05) is 16.1 Å². The molecule has 2 fully saturated rings. The molecule has 1 unspecified atom stereocenters. The van der Waals surface area contributed by atoms with Crippen LogP contribution in [-0.4, -0.2) is 21.2 Å². The van der Waals surface area contributed by atoms with E-state index >= 15 is 0 Å². The van der Waals surface area contributed by atoms with Gasteiger partial charge in [-0.1, -0.05) is 50.2 Å². The normalized spacial score (nSPS) is 33.2. The molecule has 4 atom stereocenters. The van der Waals surface area contributed by atoms with Gasteiger partial charge in [0.15, 0.2) is 0 Å². The highest BCUT2D eigenvalue weighted by Crippen LogP contribution is 2.66. The quantitative estimate of drug-likeness (QED) is 0.919. The highest BCUT2D eigenvalue weighted by atomic mass is 32.2. The lowest BCUT2D eigenvalue weighted by Crippen LogP contribution is -2.43. The molecule has 2 nitrogen and oxygen atoms in total. The lowest BCUT2D eigenvalue weighted by Gasteiger charge is -2.40. The SMILES string of the molecule is CC1(C)[C@@H]2CC[C@@]1(CS(=O)c1cccc3ccccc13)[C@H](O)C2. The average Bonchev–Trinajstić information content (AvgIpc) is 2.88. The van der Waals surface area contributed by atoms with Crippen LogP contribution >= 0.6 is 0 Å². The summed E-state index contributed by atoms with van der Waals surface area (Å²) in [6.45, 7) is 4.53. The smallest absolute Gasteiger partial charge is 0.0613 e. The van der Waals surface area contributed by atoms with E-state index in [0.29, 0.717) is 11.7 Å². The van der Waals surface area contributed by atoms with Crippen LogP contribution in [0.15, 0.2) is 47.4 Å². The summed E-state index contributed by atoms with van der Waals surface area (Å²) in [4.78, 5) is 0.913. The van der Waals surface area contributed by atoms with Crippen LogP contribution in [0.25, 0.3) is 10.8 Å². The molecule has 0 radical (unpaired) electrons. The maximum atomic E-state index is 13.2. The molecular formula is C20H24O2S. The van der Waals surface area contributed by atoms with Crippen molar-refractivity contribution in [2.75, 3.05) is 5.75 Å². The molecule has 23 heavy (non-hydrogen) atoms. The van der Waals surface area contributed by atoms with Crippen LogP contribution in [0.1, 0.15) is 33.1 Å². The predicted molar refractivity (Wildman–Crippen MR) is 94.8 cm³/mol. The molecule has 0 aliphatic heterocycles. The standard InChI is InChI=1S/C20H24O2S/c1-19(2)15-10-11-20(19,18(21)12-15)13-23(22)17-9-5-7-14-6-3-4-8-16(14)17/h3-9,15,18,21H,10-13H2,1-2H3/t15-,18-,20-,23?/m1/s1. The Balaban J connectivity index is 1.73. The maximum absolute atomic E-state index is 13.2. The highest BCUT2D eigenvalue weighted by molar-refractivity contribution is 7.85. The molecule has 0 heterocycles. The summed E-state index contributed by atoms with van der Waals surface area (Å²) in [5.74, 6) is 1.15. The van der Waals surface area contributed by atoms with E-state index < -0.39 is 10.8 Å². The van der Waals surface area contributed by atoms with Crippen molar-refractivity contribution >= 4 is 21.6 Å². The van der Waals surface area contributed by atoms with Crippen molar-refractivity contribution in [2.45, 2.75) is 44.1 Å². The lowest BCUT2D eigenvalue weighted by atomic mass is 9.70. The largest absolute Gasteiger partial charge is 0.392 e. The Morgan fingerprint density at radius 1 is 1.17 bits per heavy atom. The molecule has 2 bridgehead atoms. The maximum Gasteiger partial charge on any atom is 0.0613 e. The molecule has 2 aromatic carbocycles. The minimum Gasteiger partial charge on any atom is -0.392 e. The Morgan fingerprint density at radius 3 is 2.61 bits per heavy atom. The fraction of sp³-hybridized carbons (Fsp3) is 0.500. The Bertz CT molecular complexity index is 777. The Labute approximate surface area is 140 Å². The van der Waals surface area contributed by atoms with Crippen molar-refractivity contribution in [2.24, 2.45) is 16.7 Å². The van der Waals surface area contributed by atoms with E-state index in [4.69, 9.17) is 0 Å². The number of benzene rings is 2. The first-order valence-electron chi connectivity index (χ1n) is 8.50. The van der Waals surface area contributed by atoms with E-state index in [1.807, 2.05) is 30.3 Å². The van der Waals surface area contributed by atoms with Crippen molar-refractivity contribution in [1.29, 1.82) is 0 Å². The minimum absolute atomic E-state index is 0.0761. The number of rotatable bonds is 3. The van der Waals surface area contributed by atoms with E-state index in [2.05, 4.69) is 26.0 Å². The molecule has 0 spiro atoms. The third-order valence-electron chi connectivity index (χ3n) is 6.77. The molecule has 2 aromatic rings. The van der Waals surface area contributed by atoms with Crippen molar-refractivity contribution in [1.82, 2.24) is 0 Å². The van der Waals surface area contributed by atoms with Gasteiger partial charge in [-0.05, 0) is 47.4 Å². The second kappa shape index (κ2) is 5.15. The Morgan fingerprint density at radius 2 is 1.91 bits per heavy atom. The summed E-state index contributed by atoms with van der Waals surface area (Å²) >= 11 is 0. The van der Waals surface area contributed by atoms with Crippen LogP contribution in [0, 0.1) is 16.7 Å². The summed E-state index contributed by atoms with van der Waals surface area (Å²) in [7, 11) is -1.09. The third kappa shape index (κ3) is 2.06. The van der Waals surface area contributed by atoms with Gasteiger partial charge in [0.2, 0.25) is 0 Å². The summed E-state index contributed by atoms with van der Waals surface area (Å²) in [5, 5.41) is 12.9. The van der Waals surface area contributed by atoms with Gasteiger partial charge >= 0.3 is 0 Å². The second-order valence-electron chi connectivity index (χ2n) is 7.83. The lowest BCUT2D eigenvalue weighted by molar-refractivity contribution is 0.0160. The van der Waals surface area contributed by atoms with Crippen LogP contribution in [-0.2, 0) is 10.8 Å². The van der Waals surface area contributed by atoms with Gasteiger partial charge in [-0.2, -0.15) is 0 Å². The molecule has 1 N–H and O–H groups in total. The fourth-order valence-electron chi connectivity index (χ4n) is 5.09. The van der Waals surface area contributed by atoms with Gasteiger partial charge in [0.25, 0.3) is 0 Å². The first-order chi connectivity index (χ1) is 11.0. The average molecular weight is 328 g/mol.